The van der Waals surface area contributed by atoms with E-state index in [1.807, 2.05) is 13.8 Å². The average molecular weight is 286 g/mol. The molecule has 0 aliphatic carbocycles. The van der Waals surface area contributed by atoms with Crippen LogP contribution in [0.1, 0.15) is 48.0 Å². The Labute approximate surface area is 124 Å². The highest BCUT2D eigenvalue weighted by atomic mass is 16.5. The van der Waals surface area contributed by atoms with Crippen molar-refractivity contribution in [3.05, 3.63) is 0 Å². The van der Waals surface area contributed by atoms with E-state index in [1.54, 1.807) is 0 Å². The van der Waals surface area contributed by atoms with Crippen molar-refractivity contribution >= 4 is 0 Å². The highest BCUT2D eigenvalue weighted by Gasteiger charge is 2.37. The molecule has 2 N–H and O–H groups in total. The normalized spacial score (nSPS) is 24.6. The van der Waals surface area contributed by atoms with E-state index in [0.717, 1.165) is 39.3 Å². The van der Waals surface area contributed by atoms with Gasteiger partial charge in [0, 0.05) is 37.2 Å². The maximum absolute atomic E-state index is 10.0. The van der Waals surface area contributed by atoms with Gasteiger partial charge in [-0.3, -0.25) is 0 Å². The van der Waals surface area contributed by atoms with Crippen LogP contribution in [0.4, 0.5) is 0 Å². The minimum atomic E-state index is -0.645. The van der Waals surface area contributed by atoms with Crippen molar-refractivity contribution in [2.75, 3.05) is 39.4 Å². The zero-order valence-electron chi connectivity index (χ0n) is 14.3. The summed E-state index contributed by atoms with van der Waals surface area (Å²) in [6.45, 7) is 17.8. The van der Waals surface area contributed by atoms with E-state index < -0.39 is 5.60 Å². The SMILES string of the molecule is CCN(CC(C)(C)O)CC1(CNC(C)(C)C)CCOC1. The van der Waals surface area contributed by atoms with Crippen LogP contribution in [0, 0.1) is 5.41 Å². The van der Waals surface area contributed by atoms with Crippen LogP contribution >= 0.6 is 0 Å². The highest BCUT2D eigenvalue weighted by Crippen LogP contribution is 2.30. The van der Waals surface area contributed by atoms with Gasteiger partial charge in [0.2, 0.25) is 0 Å². The third-order valence-electron chi connectivity index (χ3n) is 3.80. The standard InChI is InChI=1S/C16H34N2O2/c1-7-18(11-15(5,6)19)12-16(8-9-20-13-16)10-17-14(2,3)4/h17,19H,7-13H2,1-6H3. The maximum atomic E-state index is 10.0. The fourth-order valence-corrected chi connectivity index (χ4v) is 2.72. The summed E-state index contributed by atoms with van der Waals surface area (Å²) in [4.78, 5) is 2.35. The van der Waals surface area contributed by atoms with Crippen molar-refractivity contribution < 1.29 is 9.84 Å². The monoisotopic (exact) mass is 286 g/mol. The second-order valence-electron chi connectivity index (χ2n) is 8.02. The number of nitrogens with one attached hydrogen (secondary N) is 1. The first kappa shape index (κ1) is 17.9. The second-order valence-corrected chi connectivity index (χ2v) is 8.02. The molecule has 0 radical (unpaired) electrons. The summed E-state index contributed by atoms with van der Waals surface area (Å²) in [5, 5.41) is 13.7. The van der Waals surface area contributed by atoms with Crippen LogP contribution in [0.3, 0.4) is 0 Å². The van der Waals surface area contributed by atoms with Gasteiger partial charge in [-0.15, -0.1) is 0 Å². The molecule has 1 aliphatic rings. The summed E-state index contributed by atoms with van der Waals surface area (Å²) in [5.74, 6) is 0. The van der Waals surface area contributed by atoms with E-state index in [4.69, 9.17) is 4.74 Å². The first-order valence-electron chi connectivity index (χ1n) is 7.83. The van der Waals surface area contributed by atoms with Crippen LogP contribution in [0.5, 0.6) is 0 Å². The first-order chi connectivity index (χ1) is 9.05. The maximum Gasteiger partial charge on any atom is 0.0718 e. The number of nitrogens with zero attached hydrogens (tertiary/aromatic N) is 1. The van der Waals surface area contributed by atoms with Crippen LogP contribution in [-0.4, -0.2) is 60.5 Å². The number of rotatable bonds is 7. The van der Waals surface area contributed by atoms with E-state index in [1.165, 1.54) is 0 Å². The fourth-order valence-electron chi connectivity index (χ4n) is 2.72. The molecule has 20 heavy (non-hydrogen) atoms. The van der Waals surface area contributed by atoms with Gasteiger partial charge in [0.25, 0.3) is 0 Å². The van der Waals surface area contributed by atoms with Gasteiger partial charge in [0.1, 0.15) is 0 Å². The Bertz CT molecular complexity index is 286. The Morgan fingerprint density at radius 3 is 2.30 bits per heavy atom. The summed E-state index contributed by atoms with van der Waals surface area (Å²) in [6, 6.07) is 0. The smallest absolute Gasteiger partial charge is 0.0718 e. The number of aliphatic hydroxyl groups is 1. The fraction of sp³-hybridized carbons (Fsp3) is 1.00. The van der Waals surface area contributed by atoms with E-state index in [-0.39, 0.29) is 11.0 Å². The molecule has 0 spiro atoms. The van der Waals surface area contributed by atoms with E-state index in [0.29, 0.717) is 6.54 Å². The molecule has 1 saturated heterocycles. The Morgan fingerprint density at radius 1 is 1.25 bits per heavy atom. The van der Waals surface area contributed by atoms with Gasteiger partial charge >= 0.3 is 0 Å². The zero-order valence-corrected chi connectivity index (χ0v) is 14.3. The Hall–Kier alpha value is -0.160. The molecule has 4 nitrogen and oxygen atoms in total. The van der Waals surface area contributed by atoms with Crippen molar-refractivity contribution in [1.82, 2.24) is 10.2 Å². The molecule has 0 aromatic rings. The van der Waals surface area contributed by atoms with Crippen molar-refractivity contribution in [3.8, 4) is 0 Å². The Kier molecular flexibility index (Phi) is 6.02. The van der Waals surface area contributed by atoms with Gasteiger partial charge in [0.05, 0.1) is 12.2 Å². The summed E-state index contributed by atoms with van der Waals surface area (Å²) in [7, 11) is 0. The molecule has 0 aromatic heterocycles. The second kappa shape index (κ2) is 6.73. The average Bonchev–Trinajstić information content (AvgIpc) is 2.72. The molecule has 1 heterocycles. The minimum absolute atomic E-state index is 0.128. The molecule has 1 aliphatic heterocycles. The summed E-state index contributed by atoms with van der Waals surface area (Å²) in [6.07, 6.45) is 1.10. The van der Waals surface area contributed by atoms with Crippen molar-refractivity contribution in [1.29, 1.82) is 0 Å². The summed E-state index contributed by atoms with van der Waals surface area (Å²) < 4.78 is 5.67. The van der Waals surface area contributed by atoms with Gasteiger partial charge in [0.15, 0.2) is 0 Å². The molecular formula is C16H34N2O2. The molecule has 0 bridgehead atoms. The predicted molar refractivity (Wildman–Crippen MR) is 84.0 cm³/mol. The van der Waals surface area contributed by atoms with Crippen molar-refractivity contribution in [3.63, 3.8) is 0 Å². The van der Waals surface area contributed by atoms with Gasteiger partial charge in [-0.2, -0.15) is 0 Å². The molecule has 0 amide bonds. The van der Waals surface area contributed by atoms with Crippen molar-refractivity contribution in [2.45, 2.75) is 59.1 Å². The lowest BCUT2D eigenvalue weighted by Crippen LogP contribution is -2.51. The predicted octanol–water partition coefficient (Wildman–Crippen LogP) is 1.87. The molecule has 120 valence electrons. The molecule has 1 atom stereocenters. The quantitative estimate of drug-likeness (QED) is 0.750. The van der Waals surface area contributed by atoms with Crippen LogP contribution in [0.25, 0.3) is 0 Å². The van der Waals surface area contributed by atoms with Gasteiger partial charge in [-0.25, -0.2) is 0 Å². The molecule has 0 saturated carbocycles. The molecule has 1 fully saturated rings. The third kappa shape index (κ3) is 6.53. The van der Waals surface area contributed by atoms with Gasteiger partial charge in [-0.05, 0) is 47.6 Å². The molecule has 4 heteroatoms. The summed E-state index contributed by atoms with van der Waals surface area (Å²) >= 11 is 0. The lowest BCUT2D eigenvalue weighted by Gasteiger charge is -2.38. The van der Waals surface area contributed by atoms with E-state index in [2.05, 4.69) is 37.9 Å². The highest BCUT2D eigenvalue weighted by molar-refractivity contribution is 4.91. The first-order valence-corrected chi connectivity index (χ1v) is 7.83. The number of ether oxygens (including phenoxy) is 1. The number of hydrogen-bond acceptors (Lipinski definition) is 4. The van der Waals surface area contributed by atoms with E-state index in [9.17, 15) is 5.11 Å². The number of hydrogen-bond donors (Lipinski definition) is 2. The third-order valence-corrected chi connectivity index (χ3v) is 3.80. The van der Waals surface area contributed by atoms with E-state index >= 15 is 0 Å². The lowest BCUT2D eigenvalue weighted by atomic mass is 9.85. The van der Waals surface area contributed by atoms with Crippen molar-refractivity contribution in [2.24, 2.45) is 5.41 Å². The van der Waals surface area contributed by atoms with Crippen LogP contribution in [-0.2, 0) is 4.74 Å². The topological polar surface area (TPSA) is 44.7 Å². The lowest BCUT2D eigenvalue weighted by molar-refractivity contribution is 0.0181. The Morgan fingerprint density at radius 2 is 1.90 bits per heavy atom. The van der Waals surface area contributed by atoms with Crippen LogP contribution in [0.15, 0.2) is 0 Å². The minimum Gasteiger partial charge on any atom is -0.389 e. The largest absolute Gasteiger partial charge is 0.389 e. The van der Waals surface area contributed by atoms with Crippen LogP contribution < -0.4 is 5.32 Å². The zero-order chi connectivity index (χ0) is 15.4. The number of likely N-dealkylation sites (N-methyl/N-ethyl adjacent to an activating group) is 1. The summed E-state index contributed by atoms with van der Waals surface area (Å²) in [5.41, 5.74) is -0.342. The van der Waals surface area contributed by atoms with Crippen LogP contribution in [0.2, 0.25) is 0 Å². The molecule has 0 aromatic carbocycles. The molecule has 1 rings (SSSR count). The molecular weight excluding hydrogens is 252 g/mol. The molecule has 1 unspecified atom stereocenters. The van der Waals surface area contributed by atoms with Gasteiger partial charge < -0.3 is 20.1 Å². The Balaban J connectivity index is 2.65. The van der Waals surface area contributed by atoms with Gasteiger partial charge in [-0.1, -0.05) is 6.92 Å².